The number of anilines is 2. The molecule has 28 heavy (non-hydrogen) atoms. The van der Waals surface area contributed by atoms with E-state index in [0.29, 0.717) is 12.2 Å². The fourth-order valence-corrected chi connectivity index (χ4v) is 3.52. The molecule has 0 aliphatic carbocycles. The van der Waals surface area contributed by atoms with Crippen LogP contribution in [0.1, 0.15) is 17.4 Å². The normalized spacial score (nSPS) is 10.4. The third kappa shape index (κ3) is 5.20. The first kappa shape index (κ1) is 19.6. The van der Waals surface area contributed by atoms with Gasteiger partial charge in [-0.05, 0) is 53.4 Å². The van der Waals surface area contributed by atoms with Gasteiger partial charge in [-0.1, -0.05) is 18.2 Å². The van der Waals surface area contributed by atoms with E-state index in [0.717, 1.165) is 21.9 Å². The van der Waals surface area contributed by atoms with E-state index in [1.165, 1.54) is 6.92 Å². The van der Waals surface area contributed by atoms with Gasteiger partial charge in [-0.2, -0.15) is 0 Å². The van der Waals surface area contributed by atoms with Crippen molar-refractivity contribution in [3.05, 3.63) is 76.5 Å². The van der Waals surface area contributed by atoms with Crippen LogP contribution in [0, 0.1) is 0 Å². The first-order valence-corrected chi connectivity index (χ1v) is 9.76. The molecule has 3 aromatic rings. The maximum absolute atomic E-state index is 13.1. The number of nitrogens with one attached hydrogen (secondary N) is 1. The number of benzene rings is 2. The Hall–Kier alpha value is -3.12. The molecule has 0 saturated heterocycles. The first-order chi connectivity index (χ1) is 13.5. The van der Waals surface area contributed by atoms with Crippen LogP contribution in [0.4, 0.5) is 11.4 Å². The lowest BCUT2D eigenvalue weighted by molar-refractivity contribution is -0.118. The van der Waals surface area contributed by atoms with Crippen LogP contribution in [-0.4, -0.2) is 18.9 Å². The van der Waals surface area contributed by atoms with Gasteiger partial charge in [-0.3, -0.25) is 9.59 Å². The number of hydrogen-bond acceptors (Lipinski definition) is 4. The van der Waals surface area contributed by atoms with E-state index in [-0.39, 0.29) is 18.2 Å². The smallest absolute Gasteiger partial charge is 0.231 e. The summed E-state index contributed by atoms with van der Waals surface area (Å²) < 4.78 is 5.22. The van der Waals surface area contributed by atoms with Gasteiger partial charge in [0.1, 0.15) is 5.75 Å². The molecular formula is C22H22N2O3S. The minimum atomic E-state index is -0.120. The molecule has 3 rings (SSSR count). The van der Waals surface area contributed by atoms with Gasteiger partial charge in [0, 0.05) is 23.2 Å². The molecular weight excluding hydrogens is 372 g/mol. The summed E-state index contributed by atoms with van der Waals surface area (Å²) in [5.74, 6) is 0.636. The van der Waals surface area contributed by atoms with Gasteiger partial charge in [0.2, 0.25) is 11.8 Å². The Bertz CT molecular complexity index is 919. The standard InChI is InChI=1S/C22H22N2O3S/c1-16(25)23-18-7-5-17(6-8-18)14-22(26)24(15-21-4-3-13-28-21)19-9-11-20(27-2)12-10-19/h3-13H,14-15H2,1-2H3,(H,23,25). The highest BCUT2D eigenvalue weighted by Crippen LogP contribution is 2.24. The molecule has 0 spiro atoms. The number of hydrogen-bond donors (Lipinski definition) is 1. The van der Waals surface area contributed by atoms with E-state index in [9.17, 15) is 9.59 Å². The van der Waals surface area contributed by atoms with Gasteiger partial charge >= 0.3 is 0 Å². The lowest BCUT2D eigenvalue weighted by Crippen LogP contribution is -2.31. The van der Waals surface area contributed by atoms with E-state index < -0.39 is 0 Å². The van der Waals surface area contributed by atoms with Crippen molar-refractivity contribution in [3.8, 4) is 5.75 Å². The highest BCUT2D eigenvalue weighted by atomic mass is 32.1. The van der Waals surface area contributed by atoms with Gasteiger partial charge in [0.15, 0.2) is 0 Å². The third-order valence-corrected chi connectivity index (χ3v) is 5.07. The molecule has 144 valence electrons. The number of ether oxygens (including phenoxy) is 1. The van der Waals surface area contributed by atoms with Crippen molar-refractivity contribution in [1.82, 2.24) is 0 Å². The minimum Gasteiger partial charge on any atom is -0.497 e. The summed E-state index contributed by atoms with van der Waals surface area (Å²) in [6, 6.07) is 18.8. The number of amides is 2. The second-order valence-electron chi connectivity index (χ2n) is 6.31. The molecule has 0 radical (unpaired) electrons. The van der Waals surface area contributed by atoms with Crippen LogP contribution in [-0.2, 0) is 22.6 Å². The third-order valence-electron chi connectivity index (χ3n) is 4.21. The zero-order chi connectivity index (χ0) is 19.9. The lowest BCUT2D eigenvalue weighted by atomic mass is 10.1. The van der Waals surface area contributed by atoms with Gasteiger partial charge in [0.25, 0.3) is 0 Å². The van der Waals surface area contributed by atoms with Crippen molar-refractivity contribution in [2.75, 3.05) is 17.3 Å². The molecule has 0 aliphatic heterocycles. The molecule has 5 nitrogen and oxygen atoms in total. The Kier molecular flexibility index (Phi) is 6.45. The van der Waals surface area contributed by atoms with Gasteiger partial charge in [-0.15, -0.1) is 11.3 Å². The Balaban J connectivity index is 1.78. The summed E-state index contributed by atoms with van der Waals surface area (Å²) in [5, 5.41) is 4.74. The Morgan fingerprint density at radius 3 is 2.32 bits per heavy atom. The molecule has 0 fully saturated rings. The van der Waals surface area contributed by atoms with Crippen molar-refractivity contribution in [2.45, 2.75) is 19.9 Å². The molecule has 1 heterocycles. The Labute approximate surface area is 168 Å². The largest absolute Gasteiger partial charge is 0.497 e. The SMILES string of the molecule is COc1ccc(N(Cc2cccs2)C(=O)Cc2ccc(NC(C)=O)cc2)cc1. The summed E-state index contributed by atoms with van der Waals surface area (Å²) >= 11 is 1.63. The molecule has 1 aromatic heterocycles. The van der Waals surface area contributed by atoms with Crippen LogP contribution >= 0.6 is 11.3 Å². The maximum atomic E-state index is 13.1. The molecule has 2 amide bonds. The summed E-state index contributed by atoms with van der Waals surface area (Å²) in [4.78, 5) is 27.1. The van der Waals surface area contributed by atoms with Crippen LogP contribution in [0.5, 0.6) is 5.75 Å². The molecule has 0 saturated carbocycles. The average molecular weight is 394 g/mol. The number of carbonyl (C=O) groups is 2. The van der Waals surface area contributed by atoms with Gasteiger partial charge < -0.3 is 15.0 Å². The van der Waals surface area contributed by atoms with Crippen molar-refractivity contribution in [1.29, 1.82) is 0 Å². The first-order valence-electron chi connectivity index (χ1n) is 8.88. The van der Waals surface area contributed by atoms with Gasteiger partial charge in [-0.25, -0.2) is 0 Å². The number of carbonyl (C=O) groups excluding carboxylic acids is 2. The maximum Gasteiger partial charge on any atom is 0.231 e. The summed E-state index contributed by atoms with van der Waals surface area (Å²) in [6.07, 6.45) is 0.276. The summed E-state index contributed by atoms with van der Waals surface area (Å²) in [5.41, 5.74) is 2.44. The van der Waals surface area contributed by atoms with E-state index >= 15 is 0 Å². The number of methoxy groups -OCH3 is 1. The zero-order valence-corrected chi connectivity index (χ0v) is 16.7. The average Bonchev–Trinajstić information content (AvgIpc) is 3.20. The van der Waals surface area contributed by atoms with Crippen molar-refractivity contribution in [3.63, 3.8) is 0 Å². The topological polar surface area (TPSA) is 58.6 Å². The van der Waals surface area contributed by atoms with E-state index in [2.05, 4.69) is 5.32 Å². The van der Waals surface area contributed by atoms with Crippen molar-refractivity contribution in [2.24, 2.45) is 0 Å². The highest BCUT2D eigenvalue weighted by Gasteiger charge is 2.17. The van der Waals surface area contributed by atoms with Crippen LogP contribution in [0.3, 0.4) is 0 Å². The monoisotopic (exact) mass is 394 g/mol. The van der Waals surface area contributed by atoms with Gasteiger partial charge in [0.05, 0.1) is 20.1 Å². The van der Waals surface area contributed by atoms with Crippen LogP contribution in [0.15, 0.2) is 66.0 Å². The number of rotatable bonds is 7. The molecule has 0 bridgehead atoms. The van der Waals surface area contributed by atoms with Crippen LogP contribution in [0.25, 0.3) is 0 Å². The summed E-state index contributed by atoms with van der Waals surface area (Å²) in [7, 11) is 1.62. The predicted octanol–water partition coefficient (Wildman–Crippen LogP) is 4.49. The molecule has 0 atom stereocenters. The predicted molar refractivity (Wildman–Crippen MR) is 113 cm³/mol. The van der Waals surface area contributed by atoms with E-state index in [1.54, 1.807) is 35.5 Å². The molecule has 0 aliphatic rings. The minimum absolute atomic E-state index is 0.00541. The number of thiophene rings is 1. The molecule has 2 aromatic carbocycles. The second-order valence-corrected chi connectivity index (χ2v) is 7.34. The quantitative estimate of drug-likeness (QED) is 0.642. The molecule has 1 N–H and O–H groups in total. The highest BCUT2D eigenvalue weighted by molar-refractivity contribution is 7.09. The van der Waals surface area contributed by atoms with E-state index in [4.69, 9.17) is 4.74 Å². The van der Waals surface area contributed by atoms with Crippen LogP contribution in [0.2, 0.25) is 0 Å². The molecule has 0 unspecified atom stereocenters. The Morgan fingerprint density at radius 2 is 1.75 bits per heavy atom. The van der Waals surface area contributed by atoms with Crippen molar-refractivity contribution < 1.29 is 14.3 Å². The fraction of sp³-hybridized carbons (Fsp3) is 0.182. The molecule has 6 heteroatoms. The zero-order valence-electron chi connectivity index (χ0n) is 15.8. The van der Waals surface area contributed by atoms with E-state index in [1.807, 2.05) is 53.9 Å². The second kappa shape index (κ2) is 9.19. The number of nitrogens with zero attached hydrogens (tertiary/aromatic N) is 1. The Morgan fingerprint density at radius 1 is 1.04 bits per heavy atom. The van der Waals surface area contributed by atoms with Crippen LogP contribution < -0.4 is 15.0 Å². The summed E-state index contributed by atoms with van der Waals surface area (Å²) in [6.45, 7) is 1.99. The lowest BCUT2D eigenvalue weighted by Gasteiger charge is -2.23. The fourth-order valence-electron chi connectivity index (χ4n) is 2.82. The van der Waals surface area contributed by atoms with Crippen molar-refractivity contribution >= 4 is 34.5 Å².